The molecule has 0 radical (unpaired) electrons. The Kier molecular flexibility index (Phi) is 10.5. The zero-order valence-corrected chi connectivity index (χ0v) is 20.9. The Morgan fingerprint density at radius 3 is 1.71 bits per heavy atom. The largest absolute Gasteiger partial charge is 0.495 e. The predicted molar refractivity (Wildman–Crippen MR) is 127 cm³/mol. The lowest BCUT2D eigenvalue weighted by Gasteiger charge is -2.26. The number of alkyl halides is 2. The number of hydrogen-bond acceptors (Lipinski definition) is 2. The highest BCUT2D eigenvalue weighted by Crippen LogP contribution is 2.33. The molecular formula is C22H26Br2Cl2O2. The molecule has 2 nitrogen and oxygen atoms in total. The summed E-state index contributed by atoms with van der Waals surface area (Å²) in [6.07, 6.45) is 4.24. The second kappa shape index (κ2) is 12.3. The summed E-state index contributed by atoms with van der Waals surface area (Å²) in [5.74, 6) is 2.45. The van der Waals surface area contributed by atoms with Gasteiger partial charge in [-0.05, 0) is 72.9 Å². The Bertz CT molecular complexity index is 755. The van der Waals surface area contributed by atoms with Gasteiger partial charge in [0.2, 0.25) is 0 Å². The molecule has 0 saturated heterocycles. The molecule has 6 heteroatoms. The third-order valence-electron chi connectivity index (χ3n) is 5.00. The summed E-state index contributed by atoms with van der Waals surface area (Å²) in [6.45, 7) is 0. The molecule has 0 fully saturated rings. The molecule has 2 aromatic rings. The molecule has 28 heavy (non-hydrogen) atoms. The van der Waals surface area contributed by atoms with Crippen molar-refractivity contribution in [3.05, 3.63) is 57.6 Å². The molecule has 0 aliphatic rings. The molecule has 0 saturated carbocycles. The smallest absolute Gasteiger partial charge is 0.137 e. The first kappa shape index (κ1) is 23.9. The van der Waals surface area contributed by atoms with Crippen molar-refractivity contribution in [2.24, 2.45) is 11.8 Å². The molecule has 0 spiro atoms. The second-order valence-corrected chi connectivity index (χ2v) is 9.11. The van der Waals surface area contributed by atoms with Crippen LogP contribution in [-0.2, 0) is 12.8 Å². The van der Waals surface area contributed by atoms with E-state index in [4.69, 9.17) is 32.7 Å². The van der Waals surface area contributed by atoms with Crippen molar-refractivity contribution in [2.75, 3.05) is 24.9 Å². The topological polar surface area (TPSA) is 18.5 Å². The van der Waals surface area contributed by atoms with E-state index in [-0.39, 0.29) is 0 Å². The van der Waals surface area contributed by atoms with Gasteiger partial charge in [-0.15, -0.1) is 0 Å². The molecule has 2 rings (SSSR count). The molecule has 0 aliphatic heterocycles. The molecule has 2 aromatic carbocycles. The van der Waals surface area contributed by atoms with Gasteiger partial charge in [-0.3, -0.25) is 0 Å². The van der Waals surface area contributed by atoms with Gasteiger partial charge in [-0.25, -0.2) is 0 Å². The van der Waals surface area contributed by atoms with E-state index in [0.717, 1.165) is 36.3 Å². The Balaban J connectivity index is 2.18. The highest BCUT2D eigenvalue weighted by molar-refractivity contribution is 9.09. The summed E-state index contributed by atoms with van der Waals surface area (Å²) < 4.78 is 10.6. The first-order chi connectivity index (χ1) is 13.5. The maximum atomic E-state index is 6.34. The minimum atomic E-state index is 0.490. The van der Waals surface area contributed by atoms with Crippen LogP contribution in [-0.4, -0.2) is 24.9 Å². The van der Waals surface area contributed by atoms with Crippen LogP contribution in [0.2, 0.25) is 10.0 Å². The van der Waals surface area contributed by atoms with Gasteiger partial charge in [0.25, 0.3) is 0 Å². The molecule has 0 amide bonds. The molecule has 0 heterocycles. The molecule has 0 unspecified atom stereocenters. The number of rotatable bonds is 11. The number of methoxy groups -OCH3 is 2. The first-order valence-electron chi connectivity index (χ1n) is 9.29. The van der Waals surface area contributed by atoms with Gasteiger partial charge >= 0.3 is 0 Å². The fraction of sp³-hybridized carbons (Fsp3) is 0.455. The fourth-order valence-electron chi connectivity index (χ4n) is 3.47. The van der Waals surface area contributed by atoms with Gasteiger partial charge in [0, 0.05) is 10.7 Å². The van der Waals surface area contributed by atoms with Gasteiger partial charge in [-0.1, -0.05) is 67.2 Å². The van der Waals surface area contributed by atoms with E-state index < -0.39 is 0 Å². The third kappa shape index (κ3) is 6.83. The summed E-state index contributed by atoms with van der Waals surface area (Å²) in [4.78, 5) is 0. The van der Waals surface area contributed by atoms with Crippen molar-refractivity contribution in [1.82, 2.24) is 0 Å². The van der Waals surface area contributed by atoms with Crippen molar-refractivity contribution in [3.8, 4) is 11.5 Å². The summed E-state index contributed by atoms with van der Waals surface area (Å²) in [5.41, 5.74) is 2.47. The number of hydrogen-bond donors (Lipinski definition) is 0. The molecule has 0 bridgehead atoms. The maximum absolute atomic E-state index is 6.34. The Labute approximate surface area is 195 Å². The number of ether oxygens (including phenoxy) is 2. The molecule has 0 aliphatic carbocycles. The van der Waals surface area contributed by atoms with Crippen LogP contribution in [0.3, 0.4) is 0 Å². The van der Waals surface area contributed by atoms with E-state index in [0.29, 0.717) is 33.4 Å². The van der Waals surface area contributed by atoms with Crippen LogP contribution in [0, 0.1) is 11.8 Å². The van der Waals surface area contributed by atoms with Crippen LogP contribution in [0.5, 0.6) is 11.5 Å². The summed E-state index contributed by atoms with van der Waals surface area (Å²) in [5, 5.41) is 3.27. The average Bonchev–Trinajstić information content (AvgIpc) is 2.69. The molecule has 0 aromatic heterocycles. The van der Waals surface area contributed by atoms with Crippen molar-refractivity contribution in [1.29, 1.82) is 0 Å². The lowest BCUT2D eigenvalue weighted by Crippen LogP contribution is -2.21. The molecule has 2 atom stereocenters. The van der Waals surface area contributed by atoms with Gasteiger partial charge < -0.3 is 9.47 Å². The van der Waals surface area contributed by atoms with E-state index in [1.54, 1.807) is 14.2 Å². The Morgan fingerprint density at radius 2 is 1.32 bits per heavy atom. The van der Waals surface area contributed by atoms with Crippen molar-refractivity contribution >= 4 is 55.1 Å². The summed E-state index contributed by atoms with van der Waals surface area (Å²) in [7, 11) is 3.28. The number of benzene rings is 2. The van der Waals surface area contributed by atoms with Crippen LogP contribution in [0.25, 0.3) is 0 Å². The van der Waals surface area contributed by atoms with E-state index >= 15 is 0 Å². The van der Waals surface area contributed by atoms with Gasteiger partial charge in [0.05, 0.1) is 24.3 Å². The lowest BCUT2D eigenvalue weighted by molar-refractivity contribution is 0.336. The quantitative estimate of drug-likeness (QED) is 0.267. The first-order valence-corrected chi connectivity index (χ1v) is 12.3. The number of halogens is 4. The standard InChI is InChI=1S/C22H26Br2Cl2O2/c1-27-21-7-5-15(12-19(21)25)10-17(4-3-9-23)18(14-24)11-16-6-8-22(28-2)20(26)13-16/h5-8,12-13,17-18H,3-4,9-11,14H2,1-2H3/t17-,18+/m0/s1. The SMILES string of the molecule is COc1ccc(C[C@H](CBr)[C@@H](CCCBr)Cc2ccc(OC)c(Cl)c2)cc1Cl. The summed E-state index contributed by atoms with van der Waals surface area (Å²) in [6, 6.07) is 12.2. The fourth-order valence-corrected chi connectivity index (χ4v) is 5.11. The Morgan fingerprint density at radius 1 is 0.821 bits per heavy atom. The normalized spacial score (nSPS) is 13.2. The molecule has 154 valence electrons. The van der Waals surface area contributed by atoms with Crippen LogP contribution in [0.1, 0.15) is 24.0 Å². The minimum absolute atomic E-state index is 0.490. The van der Waals surface area contributed by atoms with E-state index in [1.165, 1.54) is 11.1 Å². The highest BCUT2D eigenvalue weighted by Gasteiger charge is 2.22. The Hall–Kier alpha value is -0.420. The van der Waals surface area contributed by atoms with Gasteiger partial charge in [0.1, 0.15) is 11.5 Å². The van der Waals surface area contributed by atoms with Crippen LogP contribution in [0.4, 0.5) is 0 Å². The van der Waals surface area contributed by atoms with E-state index in [1.807, 2.05) is 24.3 Å². The monoisotopic (exact) mass is 550 g/mol. The van der Waals surface area contributed by atoms with E-state index in [9.17, 15) is 0 Å². The third-order valence-corrected chi connectivity index (χ3v) is 6.98. The van der Waals surface area contributed by atoms with Crippen molar-refractivity contribution < 1.29 is 9.47 Å². The average molecular weight is 553 g/mol. The zero-order valence-electron chi connectivity index (χ0n) is 16.2. The summed E-state index contributed by atoms with van der Waals surface area (Å²) >= 11 is 20.0. The van der Waals surface area contributed by atoms with Gasteiger partial charge in [0.15, 0.2) is 0 Å². The van der Waals surface area contributed by atoms with Crippen LogP contribution >= 0.6 is 55.1 Å². The maximum Gasteiger partial charge on any atom is 0.137 e. The van der Waals surface area contributed by atoms with Crippen molar-refractivity contribution in [2.45, 2.75) is 25.7 Å². The van der Waals surface area contributed by atoms with E-state index in [2.05, 4.69) is 44.0 Å². The predicted octanol–water partition coefficient (Wildman–Crippen LogP) is 7.60. The van der Waals surface area contributed by atoms with Crippen molar-refractivity contribution in [3.63, 3.8) is 0 Å². The lowest BCUT2D eigenvalue weighted by atomic mass is 9.81. The van der Waals surface area contributed by atoms with Crippen LogP contribution < -0.4 is 9.47 Å². The highest BCUT2D eigenvalue weighted by atomic mass is 79.9. The minimum Gasteiger partial charge on any atom is -0.495 e. The van der Waals surface area contributed by atoms with Gasteiger partial charge in [-0.2, -0.15) is 0 Å². The zero-order chi connectivity index (χ0) is 20.5. The van der Waals surface area contributed by atoms with Crippen LogP contribution in [0.15, 0.2) is 36.4 Å². The molecular weight excluding hydrogens is 527 g/mol. The molecule has 0 N–H and O–H groups in total. The second-order valence-electron chi connectivity index (χ2n) is 6.85.